The van der Waals surface area contributed by atoms with E-state index in [4.69, 9.17) is 0 Å². The van der Waals surface area contributed by atoms with Crippen LogP contribution in [0.4, 0.5) is 17.1 Å². The minimum absolute atomic E-state index is 0.0558. The molecule has 1 aliphatic rings. The van der Waals surface area contributed by atoms with E-state index in [1.165, 1.54) is 29.7 Å². The first kappa shape index (κ1) is 12.7. The number of hydrogen-bond donors (Lipinski definition) is 0. The van der Waals surface area contributed by atoms with Crippen molar-refractivity contribution in [3.63, 3.8) is 0 Å². The minimum atomic E-state index is -0.455. The molecule has 0 aliphatic carbocycles. The minimum Gasteiger partial charge on any atom is -0.274 e. The predicted molar refractivity (Wildman–Crippen MR) is 76.5 cm³/mol. The maximum Gasteiger partial charge on any atom is 0.294 e. The standard InChI is InChI=1S/C14H10N2O3S/c1-9(17)15-10-5-2-3-7-12(10)20-13-8-4-6-11(14(13)15)16(18)19/h2-8H,1H3. The molecule has 0 spiro atoms. The average molecular weight is 286 g/mol. The van der Waals surface area contributed by atoms with Crippen molar-refractivity contribution in [1.82, 2.24) is 0 Å². The molecule has 20 heavy (non-hydrogen) atoms. The Kier molecular flexibility index (Phi) is 2.94. The predicted octanol–water partition coefficient (Wildman–Crippen LogP) is 3.74. The van der Waals surface area contributed by atoms with Gasteiger partial charge in [0.25, 0.3) is 5.69 Å². The molecule has 1 heterocycles. The molecule has 2 aromatic rings. The maximum atomic E-state index is 12.0. The number of benzene rings is 2. The lowest BCUT2D eigenvalue weighted by atomic mass is 10.2. The van der Waals surface area contributed by atoms with Crippen LogP contribution in [0.5, 0.6) is 0 Å². The molecule has 0 unspecified atom stereocenters. The van der Waals surface area contributed by atoms with Crippen molar-refractivity contribution in [2.45, 2.75) is 16.7 Å². The summed E-state index contributed by atoms with van der Waals surface area (Å²) in [5.41, 5.74) is 0.986. The third kappa shape index (κ3) is 1.85. The van der Waals surface area contributed by atoms with Crippen molar-refractivity contribution >= 4 is 34.7 Å². The molecule has 2 aromatic carbocycles. The first-order valence-electron chi connectivity index (χ1n) is 5.94. The third-order valence-corrected chi connectivity index (χ3v) is 4.15. The molecule has 5 nitrogen and oxygen atoms in total. The molecule has 3 rings (SSSR count). The normalized spacial score (nSPS) is 12.6. The van der Waals surface area contributed by atoms with E-state index < -0.39 is 4.92 Å². The summed E-state index contributed by atoms with van der Waals surface area (Å²) in [6, 6.07) is 12.2. The molecule has 0 saturated heterocycles. The molecule has 0 atom stereocenters. The van der Waals surface area contributed by atoms with Gasteiger partial charge in [-0.3, -0.25) is 19.8 Å². The largest absolute Gasteiger partial charge is 0.294 e. The molecule has 0 aromatic heterocycles. The monoisotopic (exact) mass is 286 g/mol. The Morgan fingerprint density at radius 3 is 2.55 bits per heavy atom. The van der Waals surface area contributed by atoms with Gasteiger partial charge in [0.1, 0.15) is 5.69 Å². The van der Waals surface area contributed by atoms with Crippen molar-refractivity contribution < 1.29 is 9.72 Å². The SMILES string of the molecule is CC(=O)N1c2ccccc2Sc2cccc([N+](=O)[O-])c21. The van der Waals surface area contributed by atoms with Gasteiger partial charge in [-0.25, -0.2) is 0 Å². The summed E-state index contributed by atoms with van der Waals surface area (Å²) in [7, 11) is 0. The lowest BCUT2D eigenvalue weighted by molar-refractivity contribution is -0.384. The van der Waals surface area contributed by atoms with Gasteiger partial charge < -0.3 is 0 Å². The third-order valence-electron chi connectivity index (χ3n) is 3.04. The Balaban J connectivity index is 2.30. The zero-order chi connectivity index (χ0) is 14.3. The van der Waals surface area contributed by atoms with Gasteiger partial charge in [-0.1, -0.05) is 30.0 Å². The maximum absolute atomic E-state index is 12.0. The molecule has 6 heteroatoms. The first-order valence-corrected chi connectivity index (χ1v) is 6.76. The summed E-state index contributed by atoms with van der Waals surface area (Å²) < 4.78 is 0. The van der Waals surface area contributed by atoms with E-state index in [0.29, 0.717) is 16.3 Å². The Hall–Kier alpha value is -2.34. The molecule has 0 fully saturated rings. The van der Waals surface area contributed by atoms with Gasteiger partial charge in [-0.15, -0.1) is 0 Å². The second kappa shape index (κ2) is 4.64. The summed E-state index contributed by atoms with van der Waals surface area (Å²) >= 11 is 1.44. The van der Waals surface area contributed by atoms with Crippen LogP contribution in [-0.4, -0.2) is 10.8 Å². The highest BCUT2D eigenvalue weighted by Gasteiger charge is 2.32. The van der Waals surface area contributed by atoms with Crippen LogP contribution in [0.15, 0.2) is 52.3 Å². The van der Waals surface area contributed by atoms with Crippen LogP contribution >= 0.6 is 11.8 Å². The Labute approximate surface area is 119 Å². The second-order valence-electron chi connectivity index (χ2n) is 4.31. The summed E-state index contributed by atoms with van der Waals surface area (Å²) in [5.74, 6) is -0.242. The first-order chi connectivity index (χ1) is 9.59. The van der Waals surface area contributed by atoms with E-state index in [1.807, 2.05) is 18.2 Å². The van der Waals surface area contributed by atoms with Crippen LogP contribution in [0.1, 0.15) is 6.92 Å². The summed E-state index contributed by atoms with van der Waals surface area (Å²) in [4.78, 5) is 25.8. The Morgan fingerprint density at radius 2 is 1.85 bits per heavy atom. The fourth-order valence-electron chi connectivity index (χ4n) is 2.26. The quantitative estimate of drug-likeness (QED) is 0.591. The van der Waals surface area contributed by atoms with Gasteiger partial charge in [0, 0.05) is 22.8 Å². The summed E-state index contributed by atoms with van der Waals surface area (Å²) in [5, 5.41) is 11.2. The van der Waals surface area contributed by atoms with E-state index in [-0.39, 0.29) is 11.6 Å². The molecule has 0 radical (unpaired) electrons. The fraction of sp³-hybridized carbons (Fsp3) is 0.0714. The van der Waals surface area contributed by atoms with Gasteiger partial charge in [-0.05, 0) is 18.2 Å². The number of hydrogen-bond acceptors (Lipinski definition) is 4. The van der Waals surface area contributed by atoms with Crippen molar-refractivity contribution in [2.24, 2.45) is 0 Å². The van der Waals surface area contributed by atoms with Crippen LogP contribution in [0.2, 0.25) is 0 Å². The van der Waals surface area contributed by atoms with Crippen molar-refractivity contribution in [1.29, 1.82) is 0 Å². The molecule has 0 bridgehead atoms. The highest BCUT2D eigenvalue weighted by molar-refractivity contribution is 7.99. The molecular formula is C14H10N2O3S. The molecule has 0 N–H and O–H groups in total. The fourth-order valence-corrected chi connectivity index (χ4v) is 3.35. The highest BCUT2D eigenvalue weighted by atomic mass is 32.2. The molecule has 1 aliphatic heterocycles. The lowest BCUT2D eigenvalue weighted by Gasteiger charge is -2.29. The number of nitro groups is 1. The zero-order valence-corrected chi connectivity index (χ0v) is 11.4. The van der Waals surface area contributed by atoms with Crippen molar-refractivity contribution in [2.75, 3.05) is 4.90 Å². The number of amides is 1. The van der Waals surface area contributed by atoms with E-state index in [0.717, 1.165) is 4.90 Å². The summed E-state index contributed by atoms with van der Waals surface area (Å²) in [6.45, 7) is 1.41. The van der Waals surface area contributed by atoms with Gasteiger partial charge in [-0.2, -0.15) is 0 Å². The van der Waals surface area contributed by atoms with Gasteiger partial charge >= 0.3 is 0 Å². The lowest BCUT2D eigenvalue weighted by Crippen LogP contribution is -2.26. The van der Waals surface area contributed by atoms with E-state index in [2.05, 4.69) is 0 Å². The average Bonchev–Trinajstić information content (AvgIpc) is 2.43. The summed E-state index contributed by atoms with van der Waals surface area (Å²) in [6.07, 6.45) is 0. The number of carbonyl (C=O) groups is 1. The van der Waals surface area contributed by atoms with Crippen LogP contribution in [0.3, 0.4) is 0 Å². The molecule has 100 valence electrons. The Bertz CT molecular complexity index is 730. The number of carbonyl (C=O) groups excluding carboxylic acids is 1. The van der Waals surface area contributed by atoms with E-state index in [1.54, 1.807) is 18.2 Å². The molecular weight excluding hydrogens is 276 g/mol. The number of nitro benzene ring substituents is 1. The highest BCUT2D eigenvalue weighted by Crippen LogP contribution is 2.51. The number of fused-ring (bicyclic) bond motifs is 2. The smallest absolute Gasteiger partial charge is 0.274 e. The number of anilines is 2. The van der Waals surface area contributed by atoms with Gasteiger partial charge in [0.15, 0.2) is 0 Å². The second-order valence-corrected chi connectivity index (χ2v) is 5.39. The van der Waals surface area contributed by atoms with E-state index >= 15 is 0 Å². The molecule has 0 saturated carbocycles. The topological polar surface area (TPSA) is 63.5 Å². The van der Waals surface area contributed by atoms with Crippen LogP contribution in [0.25, 0.3) is 0 Å². The van der Waals surface area contributed by atoms with Gasteiger partial charge in [0.05, 0.1) is 10.6 Å². The van der Waals surface area contributed by atoms with E-state index in [9.17, 15) is 14.9 Å². The van der Waals surface area contributed by atoms with Gasteiger partial charge in [0.2, 0.25) is 5.91 Å². The zero-order valence-electron chi connectivity index (χ0n) is 10.6. The van der Waals surface area contributed by atoms with Crippen LogP contribution in [0, 0.1) is 10.1 Å². The molecule has 1 amide bonds. The van der Waals surface area contributed by atoms with Crippen LogP contribution < -0.4 is 4.90 Å². The van der Waals surface area contributed by atoms with Crippen molar-refractivity contribution in [3.8, 4) is 0 Å². The number of nitrogens with zero attached hydrogens (tertiary/aromatic N) is 2. The Morgan fingerprint density at radius 1 is 1.15 bits per heavy atom. The van der Waals surface area contributed by atoms with Crippen molar-refractivity contribution in [3.05, 3.63) is 52.6 Å². The number of rotatable bonds is 1. The number of para-hydroxylation sites is 2. The van der Waals surface area contributed by atoms with Crippen LogP contribution in [-0.2, 0) is 4.79 Å².